The van der Waals surface area contributed by atoms with Crippen LogP contribution >= 0.6 is 0 Å². The van der Waals surface area contributed by atoms with Crippen LogP contribution in [0.1, 0.15) is 0 Å². The molecule has 1 heterocycles. The summed E-state index contributed by atoms with van der Waals surface area (Å²) in [6.07, 6.45) is 0. The summed E-state index contributed by atoms with van der Waals surface area (Å²) in [5.41, 5.74) is 16.5. The van der Waals surface area contributed by atoms with Crippen molar-refractivity contribution in [2.75, 3.05) is 4.90 Å². The van der Waals surface area contributed by atoms with E-state index in [0.29, 0.717) is 0 Å². The third-order valence-electron chi connectivity index (χ3n) is 11.7. The number of rotatable bonds is 8. The molecule has 0 fully saturated rings. The Labute approximate surface area is 349 Å². The smallest absolute Gasteiger partial charge is 0.159 e. The maximum Gasteiger partial charge on any atom is 0.159 e. The number of anilines is 3. The van der Waals surface area contributed by atoms with Crippen molar-refractivity contribution < 1.29 is 4.42 Å². The Morgan fingerprint density at radius 2 is 0.733 bits per heavy atom. The van der Waals surface area contributed by atoms with Crippen LogP contribution in [-0.4, -0.2) is 0 Å². The Morgan fingerprint density at radius 1 is 0.283 bits per heavy atom. The number of hydrogen-bond donors (Lipinski definition) is 0. The lowest BCUT2D eigenvalue weighted by atomic mass is 9.91. The number of fused-ring (bicyclic) bond motifs is 4. The second-order valence-corrected chi connectivity index (χ2v) is 15.3. The second-order valence-electron chi connectivity index (χ2n) is 15.3. The summed E-state index contributed by atoms with van der Waals surface area (Å²) < 4.78 is 7.13. The zero-order valence-corrected chi connectivity index (χ0v) is 32.9. The first-order valence-electron chi connectivity index (χ1n) is 20.5. The van der Waals surface area contributed by atoms with E-state index in [1.165, 1.54) is 44.2 Å². The summed E-state index contributed by atoms with van der Waals surface area (Å²) in [6.45, 7) is 0. The first-order valence-corrected chi connectivity index (χ1v) is 20.5. The summed E-state index contributed by atoms with van der Waals surface area (Å²) in [5, 5.41) is 4.64. The Hall–Kier alpha value is -7.94. The highest BCUT2D eigenvalue weighted by atomic mass is 16.3. The maximum atomic E-state index is 7.13. The van der Waals surface area contributed by atoms with Gasteiger partial charge in [-0.3, -0.25) is 0 Å². The van der Waals surface area contributed by atoms with Gasteiger partial charge in [-0.15, -0.1) is 0 Å². The third-order valence-corrected chi connectivity index (χ3v) is 11.7. The molecule has 0 spiro atoms. The molecule has 2 heteroatoms. The van der Waals surface area contributed by atoms with Gasteiger partial charge in [0.2, 0.25) is 0 Å². The molecule has 0 radical (unpaired) electrons. The molecule has 2 nitrogen and oxygen atoms in total. The van der Waals surface area contributed by atoms with Crippen LogP contribution in [0.2, 0.25) is 0 Å². The summed E-state index contributed by atoms with van der Waals surface area (Å²) in [5.74, 6) is 0. The molecule has 0 bridgehead atoms. The molecule has 0 amide bonds. The molecule has 0 saturated heterocycles. The molecule has 0 atom stereocenters. The fourth-order valence-corrected chi connectivity index (χ4v) is 8.78. The maximum absolute atomic E-state index is 7.13. The van der Waals surface area contributed by atoms with Crippen molar-refractivity contribution in [2.24, 2.45) is 0 Å². The molecule has 0 aliphatic carbocycles. The number of benzene rings is 10. The zero-order valence-electron chi connectivity index (χ0n) is 32.9. The zero-order chi connectivity index (χ0) is 39.8. The molecule has 0 aliphatic rings. The summed E-state index contributed by atoms with van der Waals surface area (Å²) in [7, 11) is 0. The fourth-order valence-electron chi connectivity index (χ4n) is 8.78. The van der Waals surface area contributed by atoms with Crippen LogP contribution in [0.25, 0.3) is 88.3 Å². The van der Waals surface area contributed by atoms with Gasteiger partial charge in [-0.2, -0.15) is 0 Å². The minimum absolute atomic E-state index is 0.840. The van der Waals surface area contributed by atoms with E-state index in [4.69, 9.17) is 4.42 Å². The highest BCUT2D eigenvalue weighted by Crippen LogP contribution is 2.46. The average molecular weight is 766 g/mol. The summed E-state index contributed by atoms with van der Waals surface area (Å²) in [4.78, 5) is 2.34. The highest BCUT2D eigenvalue weighted by molar-refractivity contribution is 6.15. The summed E-state index contributed by atoms with van der Waals surface area (Å²) >= 11 is 0. The van der Waals surface area contributed by atoms with Gasteiger partial charge in [0.1, 0.15) is 5.58 Å². The Bertz CT molecular complexity index is 3260. The number of hydrogen-bond acceptors (Lipinski definition) is 2. The predicted molar refractivity (Wildman–Crippen MR) is 253 cm³/mol. The van der Waals surface area contributed by atoms with Crippen LogP contribution in [0.5, 0.6) is 0 Å². The van der Waals surface area contributed by atoms with Crippen molar-refractivity contribution in [3.05, 3.63) is 237 Å². The van der Waals surface area contributed by atoms with Crippen LogP contribution < -0.4 is 4.90 Å². The molecule has 0 unspecified atom stereocenters. The Morgan fingerprint density at radius 3 is 1.30 bits per heavy atom. The molecule has 0 N–H and O–H groups in total. The van der Waals surface area contributed by atoms with Gasteiger partial charge in [0.05, 0.1) is 5.69 Å². The average Bonchev–Trinajstić information content (AvgIpc) is 3.72. The molecule has 11 rings (SSSR count). The van der Waals surface area contributed by atoms with Crippen LogP contribution in [-0.2, 0) is 0 Å². The van der Waals surface area contributed by atoms with Crippen molar-refractivity contribution >= 4 is 49.8 Å². The molecule has 10 aromatic carbocycles. The standard InChI is InChI=1S/C58H39NO/c1-5-16-40(17-6-1)42-30-34-48(35-31-42)59(49-36-32-45(33-37-49)51-27-14-25-46-24-13-26-50(56(46)51)43-20-9-3-10-21-43)55-29-15-28-52-54-39-47(41-18-7-2-8-19-41)38-53(57(54)60-58(52)55)44-22-11-4-12-23-44/h1-39H. The number of para-hydroxylation sites is 1. The number of furan rings is 1. The van der Waals surface area contributed by atoms with Crippen LogP contribution in [0, 0.1) is 0 Å². The lowest BCUT2D eigenvalue weighted by molar-refractivity contribution is 0.670. The summed E-state index contributed by atoms with van der Waals surface area (Å²) in [6, 6.07) is 84.6. The SMILES string of the molecule is c1ccc(-c2ccc(N(c3ccc(-c4cccc5cccc(-c6ccccc6)c45)cc3)c3cccc4c3oc3c(-c5ccccc5)cc(-c5ccccc5)cc34)cc2)cc1. The van der Waals surface area contributed by atoms with Crippen LogP contribution in [0.3, 0.4) is 0 Å². The minimum atomic E-state index is 0.840. The highest BCUT2D eigenvalue weighted by Gasteiger charge is 2.22. The van der Waals surface area contributed by atoms with E-state index in [2.05, 4.69) is 241 Å². The normalized spacial score (nSPS) is 11.3. The molecule has 60 heavy (non-hydrogen) atoms. The van der Waals surface area contributed by atoms with Crippen molar-refractivity contribution in [3.63, 3.8) is 0 Å². The van der Waals surface area contributed by atoms with Gasteiger partial charge in [-0.25, -0.2) is 0 Å². The van der Waals surface area contributed by atoms with E-state index in [0.717, 1.165) is 61.3 Å². The lowest BCUT2D eigenvalue weighted by Gasteiger charge is -2.26. The first kappa shape index (κ1) is 35.2. The lowest BCUT2D eigenvalue weighted by Crippen LogP contribution is -2.10. The van der Waals surface area contributed by atoms with Crippen molar-refractivity contribution in [1.29, 1.82) is 0 Å². The molecule has 1 aromatic heterocycles. The second kappa shape index (κ2) is 15.1. The Kier molecular flexibility index (Phi) is 8.87. The number of nitrogens with zero attached hydrogens (tertiary/aromatic N) is 1. The molecular formula is C58H39NO. The minimum Gasteiger partial charge on any atom is -0.453 e. The molecule has 0 aliphatic heterocycles. The van der Waals surface area contributed by atoms with Gasteiger partial charge >= 0.3 is 0 Å². The van der Waals surface area contributed by atoms with E-state index in [9.17, 15) is 0 Å². The van der Waals surface area contributed by atoms with Gasteiger partial charge < -0.3 is 9.32 Å². The van der Waals surface area contributed by atoms with Gasteiger partial charge in [0.25, 0.3) is 0 Å². The predicted octanol–water partition coefficient (Wildman–Crippen LogP) is 16.5. The quantitative estimate of drug-likeness (QED) is 0.153. The van der Waals surface area contributed by atoms with Crippen LogP contribution in [0.4, 0.5) is 17.1 Å². The van der Waals surface area contributed by atoms with Gasteiger partial charge in [0, 0.05) is 27.7 Å². The van der Waals surface area contributed by atoms with Gasteiger partial charge in [-0.1, -0.05) is 194 Å². The molecular weight excluding hydrogens is 727 g/mol. The fraction of sp³-hybridized carbons (Fsp3) is 0. The van der Waals surface area contributed by atoms with E-state index < -0.39 is 0 Å². The van der Waals surface area contributed by atoms with E-state index >= 15 is 0 Å². The molecule has 0 saturated carbocycles. The first-order chi connectivity index (χ1) is 29.8. The van der Waals surface area contributed by atoms with Crippen molar-refractivity contribution in [3.8, 4) is 55.6 Å². The van der Waals surface area contributed by atoms with Gasteiger partial charge in [0.15, 0.2) is 5.58 Å². The van der Waals surface area contributed by atoms with Gasteiger partial charge in [-0.05, 0) is 103 Å². The van der Waals surface area contributed by atoms with Crippen molar-refractivity contribution in [1.82, 2.24) is 0 Å². The monoisotopic (exact) mass is 765 g/mol. The van der Waals surface area contributed by atoms with Crippen molar-refractivity contribution in [2.45, 2.75) is 0 Å². The molecule has 282 valence electrons. The van der Waals surface area contributed by atoms with Crippen LogP contribution in [0.15, 0.2) is 241 Å². The third kappa shape index (κ3) is 6.32. The van der Waals surface area contributed by atoms with E-state index in [1.807, 2.05) is 0 Å². The largest absolute Gasteiger partial charge is 0.453 e. The topological polar surface area (TPSA) is 16.4 Å². The Balaban J connectivity index is 1.10. The van der Waals surface area contributed by atoms with E-state index in [-0.39, 0.29) is 0 Å². The van der Waals surface area contributed by atoms with E-state index in [1.54, 1.807) is 0 Å². The molecule has 11 aromatic rings.